The van der Waals surface area contributed by atoms with E-state index >= 15 is 0 Å². The van der Waals surface area contributed by atoms with E-state index in [1.807, 2.05) is 0 Å². The molecule has 15 heavy (non-hydrogen) atoms. The van der Waals surface area contributed by atoms with Gasteiger partial charge in [-0.15, -0.1) is 0 Å². The highest BCUT2D eigenvalue weighted by atomic mass is 14.7. The highest BCUT2D eigenvalue weighted by Crippen LogP contribution is 2.34. The lowest BCUT2D eigenvalue weighted by Crippen LogP contribution is -2.40. The van der Waals surface area contributed by atoms with Gasteiger partial charge in [0, 0.05) is 5.54 Å². The maximum absolute atomic E-state index is 6.53. The molecule has 0 aromatic carbocycles. The smallest absolute Gasteiger partial charge is 0.0154 e. The molecule has 0 heterocycles. The molecule has 1 fully saturated rings. The van der Waals surface area contributed by atoms with Crippen LogP contribution < -0.4 is 5.73 Å². The summed E-state index contributed by atoms with van der Waals surface area (Å²) >= 11 is 0. The van der Waals surface area contributed by atoms with Crippen LogP contribution in [0.5, 0.6) is 0 Å². The number of hydrogen-bond acceptors (Lipinski definition) is 1. The molecule has 1 rings (SSSR count). The zero-order valence-corrected chi connectivity index (χ0v) is 11.1. The molecule has 0 saturated heterocycles. The number of rotatable bonds is 2. The average Bonchev–Trinajstić information content (AvgIpc) is 2.26. The predicted octanol–water partition coefficient (Wildman–Crippen LogP) is 4.11. The lowest BCUT2D eigenvalue weighted by atomic mass is 9.80. The molecule has 1 aliphatic carbocycles. The van der Waals surface area contributed by atoms with Crippen molar-refractivity contribution in [3.05, 3.63) is 0 Å². The molecular formula is C14H29N. The molecular weight excluding hydrogens is 182 g/mol. The van der Waals surface area contributed by atoms with Crippen LogP contribution in [-0.2, 0) is 0 Å². The minimum absolute atomic E-state index is 0.151. The van der Waals surface area contributed by atoms with Crippen LogP contribution in [0.2, 0.25) is 0 Å². The summed E-state index contributed by atoms with van der Waals surface area (Å²) in [7, 11) is 0. The second-order valence-electron chi connectivity index (χ2n) is 6.96. The Labute approximate surface area is 95.8 Å². The second-order valence-corrected chi connectivity index (χ2v) is 6.96. The third kappa shape index (κ3) is 5.01. The Morgan fingerprint density at radius 3 is 2.47 bits per heavy atom. The van der Waals surface area contributed by atoms with Gasteiger partial charge < -0.3 is 5.73 Å². The van der Waals surface area contributed by atoms with Gasteiger partial charge in [0.1, 0.15) is 0 Å². The summed E-state index contributed by atoms with van der Waals surface area (Å²) in [5.41, 5.74) is 7.11. The fourth-order valence-corrected chi connectivity index (χ4v) is 2.48. The Hall–Kier alpha value is -0.0400. The van der Waals surface area contributed by atoms with E-state index in [1.54, 1.807) is 0 Å². The van der Waals surface area contributed by atoms with E-state index in [4.69, 9.17) is 5.73 Å². The van der Waals surface area contributed by atoms with Crippen molar-refractivity contribution >= 4 is 0 Å². The van der Waals surface area contributed by atoms with Crippen molar-refractivity contribution < 1.29 is 0 Å². The van der Waals surface area contributed by atoms with Crippen molar-refractivity contribution in [2.24, 2.45) is 17.1 Å². The van der Waals surface area contributed by atoms with Crippen molar-refractivity contribution in [2.45, 2.75) is 78.2 Å². The minimum atomic E-state index is 0.151. The zero-order chi connectivity index (χ0) is 11.5. The molecule has 0 radical (unpaired) electrons. The van der Waals surface area contributed by atoms with E-state index in [0.29, 0.717) is 5.41 Å². The van der Waals surface area contributed by atoms with Gasteiger partial charge in [-0.25, -0.2) is 0 Å². The van der Waals surface area contributed by atoms with E-state index in [1.165, 1.54) is 44.9 Å². The zero-order valence-electron chi connectivity index (χ0n) is 11.1. The Morgan fingerprint density at radius 1 is 1.20 bits per heavy atom. The highest BCUT2D eigenvalue weighted by Gasteiger charge is 2.29. The summed E-state index contributed by atoms with van der Waals surface area (Å²) in [4.78, 5) is 0. The van der Waals surface area contributed by atoms with Crippen molar-refractivity contribution in [3.8, 4) is 0 Å². The van der Waals surface area contributed by atoms with Gasteiger partial charge in [0.25, 0.3) is 0 Å². The van der Waals surface area contributed by atoms with E-state index < -0.39 is 0 Å². The first kappa shape index (κ1) is 13.0. The van der Waals surface area contributed by atoms with Crippen LogP contribution >= 0.6 is 0 Å². The van der Waals surface area contributed by atoms with Gasteiger partial charge >= 0.3 is 0 Å². The Kier molecular flexibility index (Phi) is 4.22. The maximum atomic E-state index is 6.53. The summed E-state index contributed by atoms with van der Waals surface area (Å²) in [5.74, 6) is 0.894. The van der Waals surface area contributed by atoms with Crippen LogP contribution in [-0.4, -0.2) is 5.54 Å². The predicted molar refractivity (Wildman–Crippen MR) is 67.9 cm³/mol. The van der Waals surface area contributed by atoms with Gasteiger partial charge in [0.05, 0.1) is 0 Å². The van der Waals surface area contributed by atoms with Crippen LogP contribution in [0.15, 0.2) is 0 Å². The summed E-state index contributed by atoms with van der Waals surface area (Å²) in [6, 6.07) is 0. The largest absolute Gasteiger partial charge is 0.325 e. The molecule has 1 saturated carbocycles. The van der Waals surface area contributed by atoms with Crippen LogP contribution in [0.4, 0.5) is 0 Å². The standard InChI is InChI=1S/C14H29N/c1-12-6-5-8-14(15,9-7-12)11-10-13(2,3)4/h12H,5-11,15H2,1-4H3. The molecule has 2 N–H and O–H groups in total. The first-order chi connectivity index (χ1) is 6.81. The van der Waals surface area contributed by atoms with Gasteiger partial charge in [0.15, 0.2) is 0 Å². The maximum Gasteiger partial charge on any atom is 0.0154 e. The van der Waals surface area contributed by atoms with Crippen LogP contribution in [0, 0.1) is 11.3 Å². The van der Waals surface area contributed by atoms with Gasteiger partial charge in [-0.1, -0.05) is 40.5 Å². The molecule has 0 amide bonds. The molecule has 0 spiro atoms. The van der Waals surface area contributed by atoms with Crippen LogP contribution in [0.25, 0.3) is 0 Å². The van der Waals surface area contributed by atoms with E-state index in [2.05, 4.69) is 27.7 Å². The first-order valence-electron chi connectivity index (χ1n) is 6.60. The normalized spacial score (nSPS) is 33.8. The second kappa shape index (κ2) is 4.86. The van der Waals surface area contributed by atoms with Gasteiger partial charge in [-0.05, 0) is 43.4 Å². The fraction of sp³-hybridized carbons (Fsp3) is 1.00. The molecule has 0 aromatic rings. The Morgan fingerprint density at radius 2 is 1.87 bits per heavy atom. The number of nitrogens with two attached hydrogens (primary N) is 1. The molecule has 0 aromatic heterocycles. The molecule has 0 aliphatic heterocycles. The molecule has 2 unspecified atom stereocenters. The number of hydrogen-bond donors (Lipinski definition) is 1. The highest BCUT2D eigenvalue weighted by molar-refractivity contribution is 4.88. The minimum Gasteiger partial charge on any atom is -0.325 e. The van der Waals surface area contributed by atoms with Crippen molar-refractivity contribution in [3.63, 3.8) is 0 Å². The fourth-order valence-electron chi connectivity index (χ4n) is 2.48. The molecule has 2 atom stereocenters. The summed E-state index contributed by atoms with van der Waals surface area (Å²) < 4.78 is 0. The molecule has 0 bridgehead atoms. The Balaban J connectivity index is 2.43. The lowest BCUT2D eigenvalue weighted by molar-refractivity contribution is 0.267. The Bertz CT molecular complexity index is 192. The van der Waals surface area contributed by atoms with Gasteiger partial charge in [0.2, 0.25) is 0 Å². The van der Waals surface area contributed by atoms with Crippen LogP contribution in [0.1, 0.15) is 72.6 Å². The molecule has 1 heteroatoms. The summed E-state index contributed by atoms with van der Waals surface area (Å²) in [5, 5.41) is 0. The van der Waals surface area contributed by atoms with Crippen molar-refractivity contribution in [2.75, 3.05) is 0 Å². The first-order valence-corrected chi connectivity index (χ1v) is 6.60. The summed E-state index contributed by atoms with van der Waals surface area (Å²) in [6.07, 6.45) is 9.01. The topological polar surface area (TPSA) is 26.0 Å². The average molecular weight is 211 g/mol. The van der Waals surface area contributed by atoms with Crippen molar-refractivity contribution in [1.82, 2.24) is 0 Å². The van der Waals surface area contributed by atoms with Crippen molar-refractivity contribution in [1.29, 1.82) is 0 Å². The third-order valence-corrected chi connectivity index (χ3v) is 3.88. The summed E-state index contributed by atoms with van der Waals surface area (Å²) in [6.45, 7) is 9.32. The van der Waals surface area contributed by atoms with E-state index in [0.717, 1.165) is 5.92 Å². The van der Waals surface area contributed by atoms with Crippen LogP contribution in [0.3, 0.4) is 0 Å². The lowest BCUT2D eigenvalue weighted by Gasteiger charge is -2.31. The van der Waals surface area contributed by atoms with Gasteiger partial charge in [-0.3, -0.25) is 0 Å². The SMILES string of the molecule is CC1CCCC(N)(CCC(C)(C)C)CC1. The molecule has 90 valence electrons. The van der Waals surface area contributed by atoms with Gasteiger partial charge in [-0.2, -0.15) is 0 Å². The monoisotopic (exact) mass is 211 g/mol. The molecule has 1 nitrogen and oxygen atoms in total. The quantitative estimate of drug-likeness (QED) is 0.683. The van der Waals surface area contributed by atoms with E-state index in [9.17, 15) is 0 Å². The third-order valence-electron chi connectivity index (χ3n) is 3.88. The van der Waals surface area contributed by atoms with E-state index in [-0.39, 0.29) is 5.54 Å². The molecule has 1 aliphatic rings.